The number of carbonyl (C=O) groups is 2. The Morgan fingerprint density at radius 1 is 0.931 bits per heavy atom. The standard InChI is InChI=1S/C22H19FN2O4/c1-28-20-12-9-17(13-19(20)25-22(27)15-5-3-2-4-6-15)24-21(26)14-29-18-10-7-16(23)8-11-18/h2-13H,14H2,1H3,(H,24,26)(H,25,27). The van der Waals surface area contributed by atoms with E-state index in [0.717, 1.165) is 0 Å². The fourth-order valence-electron chi connectivity index (χ4n) is 2.54. The van der Waals surface area contributed by atoms with Gasteiger partial charge in [-0.25, -0.2) is 4.39 Å². The summed E-state index contributed by atoms with van der Waals surface area (Å²) >= 11 is 0. The third-order valence-electron chi connectivity index (χ3n) is 3.95. The number of nitrogens with one attached hydrogen (secondary N) is 2. The molecule has 0 saturated carbocycles. The summed E-state index contributed by atoms with van der Waals surface area (Å²) in [7, 11) is 1.49. The van der Waals surface area contributed by atoms with Crippen LogP contribution in [-0.4, -0.2) is 25.5 Å². The van der Waals surface area contributed by atoms with E-state index in [9.17, 15) is 14.0 Å². The van der Waals surface area contributed by atoms with E-state index in [-0.39, 0.29) is 18.3 Å². The number of benzene rings is 3. The van der Waals surface area contributed by atoms with Crippen molar-refractivity contribution in [1.29, 1.82) is 0 Å². The van der Waals surface area contributed by atoms with E-state index in [1.54, 1.807) is 42.5 Å². The molecular formula is C22H19FN2O4. The number of hydrogen-bond acceptors (Lipinski definition) is 4. The van der Waals surface area contributed by atoms with E-state index >= 15 is 0 Å². The monoisotopic (exact) mass is 394 g/mol. The van der Waals surface area contributed by atoms with Crippen molar-refractivity contribution in [2.45, 2.75) is 0 Å². The molecule has 29 heavy (non-hydrogen) atoms. The summed E-state index contributed by atoms with van der Waals surface area (Å²) in [6.45, 7) is -0.247. The van der Waals surface area contributed by atoms with Crippen LogP contribution in [0, 0.1) is 5.82 Å². The van der Waals surface area contributed by atoms with Gasteiger partial charge < -0.3 is 20.1 Å². The molecule has 0 heterocycles. The summed E-state index contributed by atoms with van der Waals surface area (Å²) in [6, 6.07) is 19.0. The third kappa shape index (κ3) is 5.55. The molecule has 2 N–H and O–H groups in total. The maximum absolute atomic E-state index is 12.9. The number of hydrogen-bond donors (Lipinski definition) is 2. The van der Waals surface area contributed by atoms with Crippen molar-refractivity contribution < 1.29 is 23.5 Å². The predicted molar refractivity (Wildman–Crippen MR) is 108 cm³/mol. The zero-order chi connectivity index (χ0) is 20.6. The first-order valence-corrected chi connectivity index (χ1v) is 8.78. The van der Waals surface area contributed by atoms with E-state index in [4.69, 9.17) is 9.47 Å². The minimum Gasteiger partial charge on any atom is -0.495 e. The Balaban J connectivity index is 1.65. The van der Waals surface area contributed by atoms with Crippen LogP contribution in [0.2, 0.25) is 0 Å². The highest BCUT2D eigenvalue weighted by Gasteiger charge is 2.12. The highest BCUT2D eigenvalue weighted by Crippen LogP contribution is 2.28. The maximum atomic E-state index is 12.9. The number of carbonyl (C=O) groups excluding carboxylic acids is 2. The molecular weight excluding hydrogens is 375 g/mol. The van der Waals surface area contributed by atoms with Crippen LogP contribution < -0.4 is 20.1 Å². The van der Waals surface area contributed by atoms with Gasteiger partial charge in [0, 0.05) is 11.3 Å². The molecule has 0 bridgehead atoms. The number of ether oxygens (including phenoxy) is 2. The van der Waals surface area contributed by atoms with Crippen LogP contribution >= 0.6 is 0 Å². The fourth-order valence-corrected chi connectivity index (χ4v) is 2.54. The highest BCUT2D eigenvalue weighted by molar-refractivity contribution is 6.05. The molecule has 148 valence electrons. The Morgan fingerprint density at radius 3 is 2.34 bits per heavy atom. The number of halogens is 1. The van der Waals surface area contributed by atoms with Gasteiger partial charge in [-0.2, -0.15) is 0 Å². The molecule has 3 rings (SSSR count). The second kappa shape index (κ2) is 9.36. The average Bonchev–Trinajstić information content (AvgIpc) is 2.74. The van der Waals surface area contributed by atoms with Gasteiger partial charge in [0.25, 0.3) is 11.8 Å². The van der Waals surface area contributed by atoms with Crippen LogP contribution in [-0.2, 0) is 4.79 Å². The summed E-state index contributed by atoms with van der Waals surface area (Å²) < 4.78 is 23.5. The van der Waals surface area contributed by atoms with Crippen molar-refractivity contribution >= 4 is 23.2 Å². The van der Waals surface area contributed by atoms with Crippen molar-refractivity contribution in [2.75, 3.05) is 24.4 Å². The van der Waals surface area contributed by atoms with E-state index in [1.807, 2.05) is 6.07 Å². The van der Waals surface area contributed by atoms with E-state index in [0.29, 0.717) is 28.4 Å². The van der Waals surface area contributed by atoms with E-state index in [1.165, 1.54) is 31.4 Å². The molecule has 0 unspecified atom stereocenters. The molecule has 2 amide bonds. The van der Waals surface area contributed by atoms with Gasteiger partial charge >= 0.3 is 0 Å². The Hall–Kier alpha value is -3.87. The van der Waals surface area contributed by atoms with Gasteiger partial charge in [-0.3, -0.25) is 9.59 Å². The molecule has 0 aromatic heterocycles. The summed E-state index contributed by atoms with van der Waals surface area (Å²) in [5, 5.41) is 5.46. The smallest absolute Gasteiger partial charge is 0.262 e. The zero-order valence-corrected chi connectivity index (χ0v) is 15.6. The number of methoxy groups -OCH3 is 1. The lowest BCUT2D eigenvalue weighted by Crippen LogP contribution is -2.20. The lowest BCUT2D eigenvalue weighted by atomic mass is 10.2. The first-order valence-electron chi connectivity index (χ1n) is 8.78. The first kappa shape index (κ1) is 19.9. The minimum atomic E-state index is -0.403. The van der Waals surface area contributed by atoms with Gasteiger partial charge in [0.05, 0.1) is 12.8 Å². The largest absolute Gasteiger partial charge is 0.495 e. The SMILES string of the molecule is COc1ccc(NC(=O)COc2ccc(F)cc2)cc1NC(=O)c1ccccc1. The normalized spacial score (nSPS) is 10.1. The Kier molecular flexibility index (Phi) is 6.42. The first-order chi connectivity index (χ1) is 14.0. The Bertz CT molecular complexity index is 991. The van der Waals surface area contributed by atoms with Crippen molar-refractivity contribution in [3.63, 3.8) is 0 Å². The van der Waals surface area contributed by atoms with Crippen LogP contribution in [0.3, 0.4) is 0 Å². The molecule has 0 aliphatic rings. The van der Waals surface area contributed by atoms with Crippen molar-refractivity contribution in [2.24, 2.45) is 0 Å². The zero-order valence-electron chi connectivity index (χ0n) is 15.6. The third-order valence-corrected chi connectivity index (χ3v) is 3.95. The quantitative estimate of drug-likeness (QED) is 0.632. The molecule has 6 nitrogen and oxygen atoms in total. The summed E-state index contributed by atoms with van der Waals surface area (Å²) in [6.07, 6.45) is 0. The second-order valence-corrected chi connectivity index (χ2v) is 6.03. The summed E-state index contributed by atoms with van der Waals surface area (Å²) in [4.78, 5) is 24.5. The van der Waals surface area contributed by atoms with Crippen LogP contribution in [0.1, 0.15) is 10.4 Å². The average molecular weight is 394 g/mol. The molecule has 0 fully saturated rings. The fraction of sp³-hybridized carbons (Fsp3) is 0.0909. The highest BCUT2D eigenvalue weighted by atomic mass is 19.1. The Labute approximate surface area is 167 Å². The Morgan fingerprint density at radius 2 is 1.66 bits per heavy atom. The maximum Gasteiger partial charge on any atom is 0.262 e. The van der Waals surface area contributed by atoms with E-state index in [2.05, 4.69) is 10.6 Å². The van der Waals surface area contributed by atoms with Crippen molar-refractivity contribution in [3.8, 4) is 11.5 Å². The van der Waals surface area contributed by atoms with Gasteiger partial charge in [0.1, 0.15) is 17.3 Å². The molecule has 0 saturated heterocycles. The number of rotatable bonds is 7. The molecule has 7 heteroatoms. The van der Waals surface area contributed by atoms with Crippen molar-refractivity contribution in [1.82, 2.24) is 0 Å². The van der Waals surface area contributed by atoms with Crippen molar-refractivity contribution in [3.05, 3.63) is 84.2 Å². The summed E-state index contributed by atoms with van der Waals surface area (Å²) in [5.41, 5.74) is 1.37. The molecule has 3 aromatic rings. The van der Waals surface area contributed by atoms with Gasteiger partial charge in [0.15, 0.2) is 6.61 Å². The number of anilines is 2. The topological polar surface area (TPSA) is 76.7 Å². The van der Waals surface area contributed by atoms with E-state index < -0.39 is 5.91 Å². The molecule has 0 aliphatic heterocycles. The second-order valence-electron chi connectivity index (χ2n) is 6.03. The van der Waals surface area contributed by atoms with Crippen LogP contribution in [0.15, 0.2) is 72.8 Å². The molecule has 0 radical (unpaired) electrons. The van der Waals surface area contributed by atoms with Gasteiger partial charge in [-0.05, 0) is 54.6 Å². The minimum absolute atomic E-state index is 0.247. The summed E-state index contributed by atoms with van der Waals surface area (Å²) in [5.74, 6) is -0.251. The van der Waals surface area contributed by atoms with Crippen LogP contribution in [0.4, 0.5) is 15.8 Å². The molecule has 0 spiro atoms. The predicted octanol–water partition coefficient (Wildman–Crippen LogP) is 4.10. The molecule has 0 aliphatic carbocycles. The van der Waals surface area contributed by atoms with Gasteiger partial charge in [0.2, 0.25) is 0 Å². The van der Waals surface area contributed by atoms with Gasteiger partial charge in [-0.1, -0.05) is 18.2 Å². The lowest BCUT2D eigenvalue weighted by molar-refractivity contribution is -0.118. The number of amides is 2. The molecule has 0 atom stereocenters. The molecule has 3 aromatic carbocycles. The van der Waals surface area contributed by atoms with Crippen LogP contribution in [0.5, 0.6) is 11.5 Å². The lowest BCUT2D eigenvalue weighted by Gasteiger charge is -2.13. The van der Waals surface area contributed by atoms with Gasteiger partial charge in [-0.15, -0.1) is 0 Å². The van der Waals surface area contributed by atoms with Crippen LogP contribution in [0.25, 0.3) is 0 Å².